The van der Waals surface area contributed by atoms with E-state index in [0.29, 0.717) is 11.3 Å². The SMILES string of the molecule is C/C(=N/O)C(c1ccc(Br)cc1)(c1cc(F)cc(F)c1)c1ccccc1C. The van der Waals surface area contributed by atoms with Crippen LogP contribution in [0.4, 0.5) is 8.78 Å². The third-order valence-electron chi connectivity index (χ3n) is 4.81. The van der Waals surface area contributed by atoms with Crippen molar-refractivity contribution < 1.29 is 14.0 Å². The van der Waals surface area contributed by atoms with Crippen LogP contribution in [0.5, 0.6) is 0 Å². The van der Waals surface area contributed by atoms with E-state index < -0.39 is 17.0 Å². The van der Waals surface area contributed by atoms with E-state index in [1.165, 1.54) is 12.1 Å². The largest absolute Gasteiger partial charge is 0.411 e. The van der Waals surface area contributed by atoms with Crippen LogP contribution in [-0.4, -0.2) is 10.9 Å². The molecule has 1 N–H and O–H groups in total. The first-order valence-corrected chi connectivity index (χ1v) is 9.16. The summed E-state index contributed by atoms with van der Waals surface area (Å²) >= 11 is 3.42. The molecule has 2 nitrogen and oxygen atoms in total. The molecule has 0 radical (unpaired) electrons. The van der Waals surface area contributed by atoms with Gasteiger partial charge in [-0.05, 0) is 60.4 Å². The van der Waals surface area contributed by atoms with Gasteiger partial charge in [-0.3, -0.25) is 0 Å². The summed E-state index contributed by atoms with van der Waals surface area (Å²) in [7, 11) is 0. The highest BCUT2D eigenvalue weighted by Gasteiger charge is 2.41. The van der Waals surface area contributed by atoms with Gasteiger partial charge in [0.05, 0.1) is 11.1 Å². The van der Waals surface area contributed by atoms with Crippen molar-refractivity contribution in [3.05, 3.63) is 105 Å². The van der Waals surface area contributed by atoms with Crippen LogP contribution >= 0.6 is 15.9 Å². The molecule has 0 fully saturated rings. The van der Waals surface area contributed by atoms with E-state index in [1.807, 2.05) is 55.5 Å². The Bertz CT molecular complexity index is 981. The fourth-order valence-electron chi connectivity index (χ4n) is 3.63. The smallest absolute Gasteiger partial charge is 0.126 e. The summed E-state index contributed by atoms with van der Waals surface area (Å²) in [5.74, 6) is -1.38. The first kappa shape index (κ1) is 19.2. The van der Waals surface area contributed by atoms with Crippen molar-refractivity contribution in [2.24, 2.45) is 5.16 Å². The molecule has 0 aliphatic rings. The number of rotatable bonds is 4. The molecule has 0 saturated heterocycles. The maximum absolute atomic E-state index is 14.2. The average molecular weight is 430 g/mol. The van der Waals surface area contributed by atoms with Crippen LogP contribution in [-0.2, 0) is 5.41 Å². The predicted molar refractivity (Wildman–Crippen MR) is 106 cm³/mol. The number of hydrogen-bond donors (Lipinski definition) is 1. The molecule has 0 aliphatic heterocycles. The molecule has 3 rings (SSSR count). The first-order valence-electron chi connectivity index (χ1n) is 8.37. The van der Waals surface area contributed by atoms with Crippen molar-refractivity contribution in [3.8, 4) is 0 Å². The minimum atomic E-state index is -1.15. The van der Waals surface area contributed by atoms with Gasteiger partial charge in [-0.1, -0.05) is 57.5 Å². The monoisotopic (exact) mass is 429 g/mol. The molecule has 1 unspecified atom stereocenters. The van der Waals surface area contributed by atoms with Gasteiger partial charge in [-0.25, -0.2) is 8.78 Å². The Morgan fingerprint density at radius 3 is 2.07 bits per heavy atom. The summed E-state index contributed by atoms with van der Waals surface area (Å²) in [5, 5.41) is 13.2. The van der Waals surface area contributed by atoms with Crippen LogP contribution in [0.25, 0.3) is 0 Å². The molecule has 27 heavy (non-hydrogen) atoms. The normalized spacial score (nSPS) is 14.0. The highest BCUT2D eigenvalue weighted by Crippen LogP contribution is 2.43. The first-order chi connectivity index (χ1) is 12.9. The summed E-state index contributed by atoms with van der Waals surface area (Å²) < 4.78 is 29.2. The molecule has 0 aliphatic carbocycles. The summed E-state index contributed by atoms with van der Waals surface area (Å²) in [5.41, 5.74) is 1.95. The summed E-state index contributed by atoms with van der Waals surface area (Å²) in [6, 6.07) is 18.4. The van der Waals surface area contributed by atoms with Crippen molar-refractivity contribution in [3.63, 3.8) is 0 Å². The highest BCUT2D eigenvalue weighted by molar-refractivity contribution is 9.10. The molecule has 3 aromatic carbocycles. The van der Waals surface area contributed by atoms with Crippen LogP contribution in [0.3, 0.4) is 0 Å². The predicted octanol–water partition coefficient (Wildman–Crippen LogP) is 6.22. The molecule has 0 bridgehead atoms. The van der Waals surface area contributed by atoms with E-state index in [9.17, 15) is 14.0 Å². The standard InChI is InChI=1S/C22H18BrF2NO/c1-14-5-3-4-6-21(14)22(15(2)26-27,16-7-9-18(23)10-8-16)17-11-19(24)13-20(25)12-17/h3-13,27H,1-2H3/b26-15-. The molecule has 0 saturated carbocycles. The van der Waals surface area contributed by atoms with Gasteiger partial charge >= 0.3 is 0 Å². The van der Waals surface area contributed by atoms with Gasteiger partial charge < -0.3 is 5.21 Å². The lowest BCUT2D eigenvalue weighted by molar-refractivity contribution is 0.315. The lowest BCUT2D eigenvalue weighted by atomic mass is 9.65. The number of nitrogens with zero attached hydrogens (tertiary/aromatic N) is 1. The topological polar surface area (TPSA) is 32.6 Å². The number of hydrogen-bond acceptors (Lipinski definition) is 2. The molecule has 0 heterocycles. The number of benzene rings is 3. The third-order valence-corrected chi connectivity index (χ3v) is 5.34. The fraction of sp³-hybridized carbons (Fsp3) is 0.136. The Labute approximate surface area is 165 Å². The summed E-state index contributed by atoms with van der Waals surface area (Å²) in [4.78, 5) is 0. The van der Waals surface area contributed by atoms with Gasteiger partial charge in [-0.2, -0.15) is 0 Å². The second-order valence-electron chi connectivity index (χ2n) is 6.42. The molecule has 3 aromatic rings. The number of halogens is 3. The van der Waals surface area contributed by atoms with Gasteiger partial charge in [-0.15, -0.1) is 0 Å². The van der Waals surface area contributed by atoms with Crippen LogP contribution in [0.15, 0.2) is 76.4 Å². The Morgan fingerprint density at radius 1 is 0.926 bits per heavy atom. The zero-order valence-electron chi connectivity index (χ0n) is 14.9. The average Bonchev–Trinajstić information content (AvgIpc) is 2.64. The molecule has 0 aromatic heterocycles. The highest BCUT2D eigenvalue weighted by atomic mass is 79.9. The van der Waals surface area contributed by atoms with Crippen molar-refractivity contribution in [1.82, 2.24) is 0 Å². The fourth-order valence-corrected chi connectivity index (χ4v) is 3.89. The van der Waals surface area contributed by atoms with Crippen molar-refractivity contribution in [1.29, 1.82) is 0 Å². The summed E-state index contributed by atoms with van der Waals surface area (Å²) in [6.45, 7) is 3.57. The van der Waals surface area contributed by atoms with Crippen molar-refractivity contribution in [2.75, 3.05) is 0 Å². The molecule has 0 spiro atoms. The van der Waals surface area contributed by atoms with Crippen LogP contribution < -0.4 is 0 Å². The second kappa shape index (κ2) is 7.61. The third kappa shape index (κ3) is 3.39. The Hall–Kier alpha value is -2.53. The van der Waals surface area contributed by atoms with Crippen LogP contribution in [0.2, 0.25) is 0 Å². The minimum absolute atomic E-state index is 0.309. The molecular weight excluding hydrogens is 412 g/mol. The maximum atomic E-state index is 14.2. The van der Waals surface area contributed by atoms with Gasteiger partial charge in [0.2, 0.25) is 0 Å². The van der Waals surface area contributed by atoms with E-state index in [-0.39, 0.29) is 0 Å². The molecular formula is C22H18BrF2NO. The molecule has 138 valence electrons. The molecule has 1 atom stereocenters. The van der Waals surface area contributed by atoms with Gasteiger partial charge in [0.15, 0.2) is 0 Å². The van der Waals surface area contributed by atoms with Gasteiger partial charge in [0.25, 0.3) is 0 Å². The Balaban J connectivity index is 2.50. The van der Waals surface area contributed by atoms with Crippen molar-refractivity contribution >= 4 is 21.6 Å². The zero-order chi connectivity index (χ0) is 19.6. The maximum Gasteiger partial charge on any atom is 0.126 e. The lowest BCUT2D eigenvalue weighted by Gasteiger charge is -2.36. The lowest BCUT2D eigenvalue weighted by Crippen LogP contribution is -2.38. The zero-order valence-corrected chi connectivity index (χ0v) is 16.5. The van der Waals surface area contributed by atoms with E-state index in [2.05, 4.69) is 21.1 Å². The van der Waals surface area contributed by atoms with Crippen molar-refractivity contribution in [2.45, 2.75) is 19.3 Å². The number of oxime groups is 1. The van der Waals surface area contributed by atoms with E-state index in [4.69, 9.17) is 0 Å². The van der Waals surface area contributed by atoms with Crippen LogP contribution in [0, 0.1) is 18.6 Å². The van der Waals surface area contributed by atoms with Gasteiger partial charge in [0, 0.05) is 10.5 Å². The van der Waals surface area contributed by atoms with Gasteiger partial charge in [0.1, 0.15) is 11.6 Å². The Morgan fingerprint density at radius 2 is 1.52 bits per heavy atom. The van der Waals surface area contributed by atoms with E-state index in [0.717, 1.165) is 27.2 Å². The minimum Gasteiger partial charge on any atom is -0.411 e. The molecule has 0 amide bonds. The second-order valence-corrected chi connectivity index (χ2v) is 7.33. The molecule has 5 heteroatoms. The summed E-state index contributed by atoms with van der Waals surface area (Å²) in [6.07, 6.45) is 0. The quantitative estimate of drug-likeness (QED) is 0.227. The van der Waals surface area contributed by atoms with E-state index >= 15 is 0 Å². The number of aryl methyl sites for hydroxylation is 1. The van der Waals surface area contributed by atoms with E-state index in [1.54, 1.807) is 6.92 Å². The van der Waals surface area contributed by atoms with Crippen LogP contribution in [0.1, 0.15) is 29.2 Å². The Kier molecular flexibility index (Phi) is 5.42.